The minimum absolute atomic E-state index is 0.0627. The van der Waals surface area contributed by atoms with Crippen LogP contribution >= 0.6 is 0 Å². The summed E-state index contributed by atoms with van der Waals surface area (Å²) in [5.74, 6) is 0.205. The standard InChI is InChI=1S/C15H18N4O/c1-10(2)13-14(17-8-7-16-13)12-6-5-11(9-18-12)15(20)19(3)4/h5-10H,1-4H3. The van der Waals surface area contributed by atoms with E-state index in [2.05, 4.69) is 28.8 Å². The quantitative estimate of drug-likeness (QED) is 0.859. The Morgan fingerprint density at radius 1 is 1.10 bits per heavy atom. The average molecular weight is 270 g/mol. The topological polar surface area (TPSA) is 59.0 Å². The minimum Gasteiger partial charge on any atom is -0.345 e. The smallest absolute Gasteiger partial charge is 0.254 e. The van der Waals surface area contributed by atoms with E-state index in [0.717, 1.165) is 17.1 Å². The highest BCUT2D eigenvalue weighted by Crippen LogP contribution is 2.23. The van der Waals surface area contributed by atoms with Crippen molar-refractivity contribution in [2.75, 3.05) is 14.1 Å². The van der Waals surface area contributed by atoms with Gasteiger partial charge in [-0.25, -0.2) is 0 Å². The van der Waals surface area contributed by atoms with Gasteiger partial charge in [-0.1, -0.05) is 13.8 Å². The number of carbonyl (C=O) groups is 1. The van der Waals surface area contributed by atoms with Crippen molar-refractivity contribution in [1.29, 1.82) is 0 Å². The molecule has 0 saturated carbocycles. The number of pyridine rings is 1. The first-order chi connectivity index (χ1) is 9.50. The Morgan fingerprint density at radius 2 is 1.80 bits per heavy atom. The average Bonchev–Trinajstić information content (AvgIpc) is 2.46. The van der Waals surface area contributed by atoms with Gasteiger partial charge in [0.05, 0.1) is 17.0 Å². The summed E-state index contributed by atoms with van der Waals surface area (Å²) >= 11 is 0. The molecule has 5 nitrogen and oxygen atoms in total. The number of carbonyl (C=O) groups excluding carboxylic acids is 1. The molecule has 2 heterocycles. The lowest BCUT2D eigenvalue weighted by atomic mass is 10.1. The van der Waals surface area contributed by atoms with Gasteiger partial charge in [0, 0.05) is 32.7 Å². The van der Waals surface area contributed by atoms with E-state index in [-0.39, 0.29) is 11.8 Å². The minimum atomic E-state index is -0.0627. The molecule has 0 unspecified atom stereocenters. The maximum Gasteiger partial charge on any atom is 0.254 e. The van der Waals surface area contributed by atoms with Crippen LogP contribution in [0.1, 0.15) is 35.8 Å². The van der Waals surface area contributed by atoms with Gasteiger partial charge in [0.1, 0.15) is 5.69 Å². The summed E-state index contributed by atoms with van der Waals surface area (Å²) in [6.07, 6.45) is 4.92. The van der Waals surface area contributed by atoms with Gasteiger partial charge < -0.3 is 4.90 Å². The second-order valence-corrected chi connectivity index (χ2v) is 5.08. The van der Waals surface area contributed by atoms with Crippen LogP contribution in [0.2, 0.25) is 0 Å². The van der Waals surface area contributed by atoms with E-state index in [1.807, 2.05) is 6.07 Å². The highest BCUT2D eigenvalue weighted by molar-refractivity contribution is 5.93. The highest BCUT2D eigenvalue weighted by atomic mass is 16.2. The molecule has 20 heavy (non-hydrogen) atoms. The van der Waals surface area contributed by atoms with Crippen LogP contribution in [0.5, 0.6) is 0 Å². The monoisotopic (exact) mass is 270 g/mol. The molecule has 0 radical (unpaired) electrons. The molecule has 0 aromatic carbocycles. The largest absolute Gasteiger partial charge is 0.345 e. The molecule has 0 spiro atoms. The van der Waals surface area contributed by atoms with Gasteiger partial charge >= 0.3 is 0 Å². The maximum absolute atomic E-state index is 11.8. The normalized spacial score (nSPS) is 10.7. The van der Waals surface area contributed by atoms with Crippen molar-refractivity contribution in [3.05, 3.63) is 42.0 Å². The molecular weight excluding hydrogens is 252 g/mol. The number of hydrogen-bond donors (Lipinski definition) is 0. The fraction of sp³-hybridized carbons (Fsp3) is 0.333. The second-order valence-electron chi connectivity index (χ2n) is 5.08. The van der Waals surface area contributed by atoms with Crippen molar-refractivity contribution in [3.63, 3.8) is 0 Å². The summed E-state index contributed by atoms with van der Waals surface area (Å²) in [7, 11) is 3.44. The van der Waals surface area contributed by atoms with Crippen LogP contribution in [0.4, 0.5) is 0 Å². The first-order valence-corrected chi connectivity index (χ1v) is 6.49. The van der Waals surface area contributed by atoms with Gasteiger partial charge in [-0.15, -0.1) is 0 Å². The van der Waals surface area contributed by atoms with Crippen LogP contribution in [0.25, 0.3) is 11.4 Å². The van der Waals surface area contributed by atoms with Crippen LogP contribution < -0.4 is 0 Å². The Labute approximate surface area is 118 Å². The molecule has 0 atom stereocenters. The molecule has 0 bridgehead atoms. The van der Waals surface area contributed by atoms with E-state index in [4.69, 9.17) is 0 Å². The van der Waals surface area contributed by atoms with Gasteiger partial charge in [0.2, 0.25) is 0 Å². The highest BCUT2D eigenvalue weighted by Gasteiger charge is 2.14. The molecule has 0 aliphatic carbocycles. The molecule has 0 aliphatic rings. The van der Waals surface area contributed by atoms with E-state index >= 15 is 0 Å². The molecule has 104 valence electrons. The zero-order chi connectivity index (χ0) is 14.7. The SMILES string of the molecule is CC(C)c1nccnc1-c1ccc(C(=O)N(C)C)cn1. The van der Waals surface area contributed by atoms with Crippen molar-refractivity contribution < 1.29 is 4.79 Å². The Balaban J connectivity index is 2.38. The van der Waals surface area contributed by atoms with Crippen LogP contribution in [0.3, 0.4) is 0 Å². The van der Waals surface area contributed by atoms with Crippen molar-refractivity contribution in [3.8, 4) is 11.4 Å². The third-order valence-corrected chi connectivity index (χ3v) is 2.93. The van der Waals surface area contributed by atoms with Crippen molar-refractivity contribution in [1.82, 2.24) is 19.9 Å². The van der Waals surface area contributed by atoms with Gasteiger partial charge in [-0.05, 0) is 18.1 Å². The number of aromatic nitrogens is 3. The first kappa shape index (κ1) is 14.1. The number of nitrogens with zero attached hydrogens (tertiary/aromatic N) is 4. The predicted octanol–water partition coefficient (Wildman–Crippen LogP) is 2.36. The molecule has 0 saturated heterocycles. The van der Waals surface area contributed by atoms with E-state index < -0.39 is 0 Å². The number of amides is 1. The Hall–Kier alpha value is -2.30. The van der Waals surface area contributed by atoms with Crippen molar-refractivity contribution >= 4 is 5.91 Å². The molecule has 0 aliphatic heterocycles. The summed E-state index contributed by atoms with van der Waals surface area (Å²) in [6.45, 7) is 4.13. The summed E-state index contributed by atoms with van der Waals surface area (Å²) in [5.41, 5.74) is 2.98. The number of rotatable bonds is 3. The Morgan fingerprint density at radius 3 is 2.35 bits per heavy atom. The molecule has 2 rings (SSSR count). The fourth-order valence-electron chi connectivity index (χ4n) is 1.89. The summed E-state index contributed by atoms with van der Waals surface area (Å²) in [4.78, 5) is 26.4. The zero-order valence-corrected chi connectivity index (χ0v) is 12.2. The lowest BCUT2D eigenvalue weighted by molar-refractivity contribution is 0.0827. The summed E-state index contributed by atoms with van der Waals surface area (Å²) < 4.78 is 0. The molecular formula is C15H18N4O. The van der Waals surface area contributed by atoms with Gasteiger partial charge in [0.25, 0.3) is 5.91 Å². The molecule has 0 fully saturated rings. The second kappa shape index (κ2) is 5.77. The lowest BCUT2D eigenvalue weighted by Gasteiger charge is -2.11. The molecule has 2 aromatic rings. The lowest BCUT2D eigenvalue weighted by Crippen LogP contribution is -2.21. The first-order valence-electron chi connectivity index (χ1n) is 6.49. The molecule has 5 heteroatoms. The van der Waals surface area contributed by atoms with Gasteiger partial charge in [-0.2, -0.15) is 0 Å². The third kappa shape index (κ3) is 2.82. The summed E-state index contributed by atoms with van der Waals surface area (Å²) in [6, 6.07) is 3.58. The molecule has 2 aromatic heterocycles. The van der Waals surface area contributed by atoms with E-state index in [1.54, 1.807) is 38.8 Å². The van der Waals surface area contributed by atoms with Crippen LogP contribution in [-0.2, 0) is 0 Å². The van der Waals surface area contributed by atoms with Crippen LogP contribution in [-0.4, -0.2) is 39.9 Å². The molecule has 0 N–H and O–H groups in total. The van der Waals surface area contributed by atoms with E-state index in [0.29, 0.717) is 5.56 Å². The summed E-state index contributed by atoms with van der Waals surface area (Å²) in [5, 5.41) is 0. The van der Waals surface area contributed by atoms with Gasteiger partial charge in [0.15, 0.2) is 0 Å². The number of hydrogen-bond acceptors (Lipinski definition) is 4. The Bertz CT molecular complexity index is 606. The van der Waals surface area contributed by atoms with Gasteiger partial charge in [-0.3, -0.25) is 19.7 Å². The van der Waals surface area contributed by atoms with E-state index in [1.165, 1.54) is 4.90 Å². The fourth-order valence-corrected chi connectivity index (χ4v) is 1.89. The van der Waals surface area contributed by atoms with E-state index in [9.17, 15) is 4.79 Å². The zero-order valence-electron chi connectivity index (χ0n) is 12.2. The predicted molar refractivity (Wildman–Crippen MR) is 77.4 cm³/mol. The molecule has 1 amide bonds. The van der Waals surface area contributed by atoms with Crippen molar-refractivity contribution in [2.24, 2.45) is 0 Å². The van der Waals surface area contributed by atoms with Crippen LogP contribution in [0, 0.1) is 0 Å². The van der Waals surface area contributed by atoms with Crippen LogP contribution in [0.15, 0.2) is 30.7 Å². The third-order valence-electron chi connectivity index (χ3n) is 2.93. The maximum atomic E-state index is 11.8. The van der Waals surface area contributed by atoms with Crippen molar-refractivity contribution in [2.45, 2.75) is 19.8 Å². The Kier molecular flexibility index (Phi) is 4.08.